The summed E-state index contributed by atoms with van der Waals surface area (Å²) in [5.74, 6) is 0. The molecule has 0 fully saturated rings. The van der Waals surface area contributed by atoms with E-state index in [0.29, 0.717) is 0 Å². The molecule has 4 heteroatoms. The Morgan fingerprint density at radius 2 is 2.11 bits per heavy atom. The Hall–Kier alpha value is -1.68. The first-order chi connectivity index (χ1) is 8.72. The molecule has 2 aromatic heterocycles. The molecule has 18 heavy (non-hydrogen) atoms. The summed E-state index contributed by atoms with van der Waals surface area (Å²) < 4.78 is 2.92. The Morgan fingerprint density at radius 1 is 1.28 bits per heavy atom. The molecule has 2 heterocycles. The molecule has 1 aromatic carbocycles. The fourth-order valence-electron chi connectivity index (χ4n) is 2.12. The lowest BCUT2D eigenvalue weighted by Crippen LogP contribution is -2.02. The molecule has 0 atom stereocenters. The predicted octanol–water partition coefficient (Wildman–Crippen LogP) is 3.55. The Balaban J connectivity index is 2.10. The lowest BCUT2D eigenvalue weighted by molar-refractivity contribution is 0.689. The molecule has 90 valence electrons. The van der Waals surface area contributed by atoms with Crippen molar-refractivity contribution in [1.82, 2.24) is 14.8 Å². The van der Waals surface area contributed by atoms with Crippen molar-refractivity contribution in [2.45, 2.75) is 13.5 Å². The van der Waals surface area contributed by atoms with Gasteiger partial charge in [0.15, 0.2) is 0 Å². The van der Waals surface area contributed by atoms with Gasteiger partial charge in [0.05, 0.1) is 22.7 Å². The van der Waals surface area contributed by atoms with Gasteiger partial charge in [0.2, 0.25) is 0 Å². The van der Waals surface area contributed by atoms with Crippen LogP contribution >= 0.6 is 15.9 Å². The number of hydrogen-bond donors (Lipinski definition) is 0. The molecule has 0 radical (unpaired) electrons. The minimum Gasteiger partial charge on any atom is -0.267 e. The molecule has 3 nitrogen and oxygen atoms in total. The van der Waals surface area contributed by atoms with Crippen LogP contribution in [-0.4, -0.2) is 14.8 Å². The topological polar surface area (TPSA) is 30.7 Å². The SMILES string of the molecule is Cc1cc(Cn2cc(Br)cn2)c2ccccc2n1. The van der Waals surface area contributed by atoms with E-state index in [4.69, 9.17) is 0 Å². The molecular weight excluding hydrogens is 290 g/mol. The van der Waals surface area contributed by atoms with Crippen molar-refractivity contribution < 1.29 is 0 Å². The Bertz CT molecular complexity index is 703. The van der Waals surface area contributed by atoms with Gasteiger partial charge in [-0.1, -0.05) is 18.2 Å². The third-order valence-electron chi connectivity index (χ3n) is 2.86. The van der Waals surface area contributed by atoms with Gasteiger partial charge >= 0.3 is 0 Å². The molecule has 0 spiro atoms. The van der Waals surface area contributed by atoms with Crippen molar-refractivity contribution in [2.75, 3.05) is 0 Å². The quantitative estimate of drug-likeness (QED) is 0.725. The fraction of sp³-hybridized carbons (Fsp3) is 0.143. The lowest BCUT2D eigenvalue weighted by Gasteiger charge is -2.07. The molecule has 0 amide bonds. The van der Waals surface area contributed by atoms with Crippen LogP contribution in [0.15, 0.2) is 47.2 Å². The van der Waals surface area contributed by atoms with Gasteiger partial charge in [0.1, 0.15) is 0 Å². The highest BCUT2D eigenvalue weighted by Gasteiger charge is 2.05. The van der Waals surface area contributed by atoms with E-state index < -0.39 is 0 Å². The summed E-state index contributed by atoms with van der Waals surface area (Å²) in [6.07, 6.45) is 3.78. The van der Waals surface area contributed by atoms with E-state index in [1.54, 1.807) is 6.20 Å². The molecule has 0 unspecified atom stereocenters. The number of nitrogens with zero attached hydrogens (tertiary/aromatic N) is 3. The monoisotopic (exact) mass is 301 g/mol. The van der Waals surface area contributed by atoms with Gasteiger partial charge in [0, 0.05) is 17.3 Å². The van der Waals surface area contributed by atoms with Crippen LogP contribution in [-0.2, 0) is 6.54 Å². The lowest BCUT2D eigenvalue weighted by atomic mass is 10.1. The van der Waals surface area contributed by atoms with Gasteiger partial charge in [-0.2, -0.15) is 5.10 Å². The first-order valence-electron chi connectivity index (χ1n) is 5.75. The Kier molecular flexibility index (Phi) is 2.88. The first-order valence-corrected chi connectivity index (χ1v) is 6.55. The largest absolute Gasteiger partial charge is 0.267 e. The number of rotatable bonds is 2. The number of pyridine rings is 1. The second-order valence-electron chi connectivity index (χ2n) is 4.30. The van der Waals surface area contributed by atoms with Crippen molar-refractivity contribution >= 4 is 26.8 Å². The molecule has 0 aliphatic heterocycles. The summed E-state index contributed by atoms with van der Waals surface area (Å²) in [5, 5.41) is 5.49. The molecule has 3 rings (SSSR count). The van der Waals surface area contributed by atoms with E-state index in [-0.39, 0.29) is 0 Å². The number of aromatic nitrogens is 3. The van der Waals surface area contributed by atoms with Gasteiger partial charge in [-0.15, -0.1) is 0 Å². The average molecular weight is 302 g/mol. The second-order valence-corrected chi connectivity index (χ2v) is 5.21. The third-order valence-corrected chi connectivity index (χ3v) is 3.27. The van der Waals surface area contributed by atoms with Gasteiger partial charge < -0.3 is 0 Å². The van der Waals surface area contributed by atoms with Crippen LogP contribution in [0.25, 0.3) is 10.9 Å². The summed E-state index contributed by atoms with van der Waals surface area (Å²) >= 11 is 3.41. The zero-order chi connectivity index (χ0) is 12.5. The van der Waals surface area contributed by atoms with Crippen LogP contribution in [0.4, 0.5) is 0 Å². The molecule has 0 saturated heterocycles. The summed E-state index contributed by atoms with van der Waals surface area (Å²) in [4.78, 5) is 4.54. The van der Waals surface area contributed by atoms with E-state index in [1.807, 2.05) is 36.0 Å². The van der Waals surface area contributed by atoms with Crippen LogP contribution in [0.3, 0.4) is 0 Å². The molecule has 3 aromatic rings. The summed E-state index contributed by atoms with van der Waals surface area (Å²) in [6.45, 7) is 2.78. The Labute approximate surface area is 114 Å². The van der Waals surface area contributed by atoms with Gasteiger partial charge in [0.25, 0.3) is 0 Å². The number of benzene rings is 1. The summed E-state index contributed by atoms with van der Waals surface area (Å²) in [7, 11) is 0. The van der Waals surface area contributed by atoms with Crippen LogP contribution in [0, 0.1) is 6.92 Å². The number of para-hydroxylation sites is 1. The molecule has 0 N–H and O–H groups in total. The molecular formula is C14H12BrN3. The van der Waals surface area contributed by atoms with Gasteiger partial charge in [-0.05, 0) is 40.5 Å². The minimum absolute atomic E-state index is 0.759. The minimum atomic E-state index is 0.759. The maximum atomic E-state index is 4.54. The van der Waals surface area contributed by atoms with Gasteiger partial charge in [-0.25, -0.2) is 0 Å². The highest BCUT2D eigenvalue weighted by molar-refractivity contribution is 9.10. The number of aryl methyl sites for hydroxylation is 1. The standard InChI is InChI=1S/C14H12BrN3/c1-10-6-11(8-18-9-12(15)7-16-18)13-4-2-3-5-14(13)17-10/h2-7,9H,8H2,1H3. The van der Waals surface area contributed by atoms with Crippen LogP contribution in [0.2, 0.25) is 0 Å². The van der Waals surface area contributed by atoms with Crippen LogP contribution in [0.1, 0.15) is 11.3 Å². The molecule has 0 aliphatic rings. The molecule has 0 aliphatic carbocycles. The van der Waals surface area contributed by atoms with E-state index >= 15 is 0 Å². The van der Waals surface area contributed by atoms with E-state index in [9.17, 15) is 0 Å². The first kappa shape index (κ1) is 11.4. The zero-order valence-corrected chi connectivity index (χ0v) is 11.6. The zero-order valence-electron chi connectivity index (χ0n) is 9.97. The van der Waals surface area contributed by atoms with Crippen molar-refractivity contribution in [3.8, 4) is 0 Å². The maximum absolute atomic E-state index is 4.54. The number of hydrogen-bond acceptors (Lipinski definition) is 2. The summed E-state index contributed by atoms with van der Waals surface area (Å²) in [5.41, 5.74) is 3.32. The van der Waals surface area contributed by atoms with Gasteiger partial charge in [-0.3, -0.25) is 9.67 Å². The van der Waals surface area contributed by atoms with Crippen LogP contribution < -0.4 is 0 Å². The van der Waals surface area contributed by atoms with Crippen molar-refractivity contribution in [1.29, 1.82) is 0 Å². The Morgan fingerprint density at radius 3 is 2.89 bits per heavy atom. The number of halogens is 1. The fourth-order valence-corrected chi connectivity index (χ4v) is 2.45. The predicted molar refractivity (Wildman–Crippen MR) is 75.5 cm³/mol. The van der Waals surface area contributed by atoms with E-state index in [0.717, 1.165) is 22.2 Å². The maximum Gasteiger partial charge on any atom is 0.0708 e. The smallest absolute Gasteiger partial charge is 0.0708 e. The van der Waals surface area contributed by atoms with E-state index in [2.05, 4.69) is 38.1 Å². The average Bonchev–Trinajstić information content (AvgIpc) is 2.74. The summed E-state index contributed by atoms with van der Waals surface area (Å²) in [6, 6.07) is 10.3. The van der Waals surface area contributed by atoms with Crippen molar-refractivity contribution in [2.24, 2.45) is 0 Å². The highest BCUT2D eigenvalue weighted by atomic mass is 79.9. The third kappa shape index (κ3) is 2.16. The van der Waals surface area contributed by atoms with Crippen molar-refractivity contribution in [3.05, 3.63) is 58.5 Å². The molecule has 0 bridgehead atoms. The number of fused-ring (bicyclic) bond motifs is 1. The van der Waals surface area contributed by atoms with Crippen molar-refractivity contribution in [3.63, 3.8) is 0 Å². The van der Waals surface area contributed by atoms with Crippen LogP contribution in [0.5, 0.6) is 0 Å². The second kappa shape index (κ2) is 4.53. The van der Waals surface area contributed by atoms with E-state index in [1.165, 1.54) is 10.9 Å². The highest BCUT2D eigenvalue weighted by Crippen LogP contribution is 2.19. The molecule has 0 saturated carbocycles. The normalized spacial score (nSPS) is 11.0.